The molecule has 0 spiro atoms. The quantitative estimate of drug-likeness (QED) is 0.0690. The summed E-state index contributed by atoms with van der Waals surface area (Å²) in [6.45, 7) is 7.85. The summed E-state index contributed by atoms with van der Waals surface area (Å²) in [6, 6.07) is 32.9. The van der Waals surface area contributed by atoms with E-state index in [4.69, 9.17) is 9.47 Å². The third-order valence-corrected chi connectivity index (χ3v) is 12.1. The molecule has 1 heterocycles. The van der Waals surface area contributed by atoms with Crippen molar-refractivity contribution in [3.05, 3.63) is 125 Å². The summed E-state index contributed by atoms with van der Waals surface area (Å²) in [5, 5.41) is 9.67. The van der Waals surface area contributed by atoms with Crippen molar-refractivity contribution in [3.63, 3.8) is 0 Å². The van der Waals surface area contributed by atoms with E-state index in [0.29, 0.717) is 0 Å². The summed E-state index contributed by atoms with van der Waals surface area (Å²) in [5.41, 5.74) is 5.88. The second-order valence-electron chi connectivity index (χ2n) is 15.1. The molecule has 2 N–H and O–H groups in total. The van der Waals surface area contributed by atoms with Crippen molar-refractivity contribution in [1.29, 1.82) is 0 Å². The fourth-order valence-corrected chi connectivity index (χ4v) is 8.44. The van der Waals surface area contributed by atoms with E-state index in [9.17, 15) is 13.5 Å². The third-order valence-electron chi connectivity index (χ3n) is 10.7. The average Bonchev–Trinajstić information content (AvgIpc) is 3.23. The third kappa shape index (κ3) is 14.0. The minimum Gasteiger partial charge on any atom is -0.392 e. The van der Waals surface area contributed by atoms with Crippen LogP contribution < -0.4 is 4.72 Å². The first-order chi connectivity index (χ1) is 26.9. The fourth-order valence-electron chi connectivity index (χ4n) is 7.40. The van der Waals surface area contributed by atoms with Gasteiger partial charge in [0.2, 0.25) is 10.0 Å². The Morgan fingerprint density at radius 1 is 0.655 bits per heavy atom. The van der Waals surface area contributed by atoms with Crippen LogP contribution in [-0.4, -0.2) is 44.2 Å². The van der Waals surface area contributed by atoms with Crippen molar-refractivity contribution in [2.75, 3.05) is 19.6 Å². The Morgan fingerprint density at radius 2 is 1.27 bits per heavy atom. The highest BCUT2D eigenvalue weighted by Gasteiger charge is 2.33. The fraction of sp³-hybridized carbons (Fsp3) is 0.489. The van der Waals surface area contributed by atoms with Gasteiger partial charge in [-0.05, 0) is 71.9 Å². The van der Waals surface area contributed by atoms with Gasteiger partial charge in [0.25, 0.3) is 0 Å². The van der Waals surface area contributed by atoms with Crippen LogP contribution in [-0.2, 0) is 32.6 Å². The SMILES string of the molecule is CCCCCCCCN(CCCCCCCC)C[C@@H]1C[C@H](c2ccc(CO)cc2)O[C@H](c2ccc(-c3cccc(CNS(=O)(=O)c4ccccc4)c3)cc2)O1. The summed E-state index contributed by atoms with van der Waals surface area (Å²) in [5.74, 6) is 0. The first-order valence-corrected chi connectivity index (χ1v) is 22.3. The highest BCUT2D eigenvalue weighted by Crippen LogP contribution is 2.39. The van der Waals surface area contributed by atoms with Crippen LogP contribution in [0.15, 0.2) is 108 Å². The van der Waals surface area contributed by atoms with E-state index in [1.807, 2.05) is 36.4 Å². The number of ether oxygens (including phenoxy) is 2. The predicted octanol–water partition coefficient (Wildman–Crippen LogP) is 10.9. The van der Waals surface area contributed by atoms with Gasteiger partial charge in [0, 0.05) is 25.1 Å². The molecule has 4 aromatic carbocycles. The molecule has 0 saturated carbocycles. The first kappa shape index (κ1) is 42.8. The van der Waals surface area contributed by atoms with E-state index >= 15 is 0 Å². The molecule has 3 atom stereocenters. The molecule has 0 aliphatic carbocycles. The van der Waals surface area contributed by atoms with Gasteiger partial charge in [-0.25, -0.2) is 13.1 Å². The molecule has 5 rings (SSSR count). The highest BCUT2D eigenvalue weighted by molar-refractivity contribution is 7.89. The summed E-state index contributed by atoms with van der Waals surface area (Å²) >= 11 is 0. The van der Waals surface area contributed by atoms with Crippen molar-refractivity contribution in [2.45, 2.75) is 134 Å². The Bertz CT molecular complexity index is 1750. The largest absolute Gasteiger partial charge is 0.392 e. The summed E-state index contributed by atoms with van der Waals surface area (Å²) in [6.07, 6.45) is 15.6. The number of sulfonamides is 1. The number of benzene rings is 4. The smallest absolute Gasteiger partial charge is 0.240 e. The van der Waals surface area contributed by atoms with Crippen LogP contribution in [0.4, 0.5) is 0 Å². The zero-order valence-electron chi connectivity index (χ0n) is 33.2. The molecule has 7 nitrogen and oxygen atoms in total. The minimum atomic E-state index is -3.61. The molecule has 0 aromatic heterocycles. The van der Waals surface area contributed by atoms with Crippen LogP contribution in [0.1, 0.15) is 132 Å². The molecule has 55 heavy (non-hydrogen) atoms. The van der Waals surface area contributed by atoms with Crippen molar-refractivity contribution in [2.24, 2.45) is 0 Å². The van der Waals surface area contributed by atoms with Crippen LogP contribution in [0, 0.1) is 0 Å². The van der Waals surface area contributed by atoms with Crippen molar-refractivity contribution in [3.8, 4) is 11.1 Å². The number of unbranched alkanes of at least 4 members (excludes halogenated alkanes) is 10. The lowest BCUT2D eigenvalue weighted by Gasteiger charge is -2.38. The number of aliphatic hydroxyl groups excluding tert-OH is 1. The van der Waals surface area contributed by atoms with Gasteiger partial charge >= 0.3 is 0 Å². The van der Waals surface area contributed by atoms with Gasteiger partial charge in [0.15, 0.2) is 6.29 Å². The second kappa shape index (κ2) is 23.0. The average molecular weight is 769 g/mol. The normalized spacial score (nSPS) is 17.5. The van der Waals surface area contributed by atoms with E-state index in [-0.39, 0.29) is 30.3 Å². The number of nitrogens with one attached hydrogen (secondary N) is 1. The van der Waals surface area contributed by atoms with E-state index in [0.717, 1.165) is 59.4 Å². The Hall–Kier alpha value is -3.37. The molecule has 0 unspecified atom stereocenters. The van der Waals surface area contributed by atoms with Gasteiger partial charge in [0.1, 0.15) is 0 Å². The molecule has 1 saturated heterocycles. The zero-order chi connectivity index (χ0) is 38.7. The lowest BCUT2D eigenvalue weighted by atomic mass is 9.98. The zero-order valence-corrected chi connectivity index (χ0v) is 34.0. The molecule has 4 aromatic rings. The number of hydrogen-bond acceptors (Lipinski definition) is 6. The predicted molar refractivity (Wildman–Crippen MR) is 224 cm³/mol. The maximum absolute atomic E-state index is 12.8. The standard InChI is InChI=1S/C47H64N2O5S/c1-3-5-7-9-11-16-31-49(32-17-12-10-8-6-4-2)36-44-34-46(41-25-23-38(37-50)24-26-41)54-47(53-44)42-29-27-40(28-30-42)43-20-18-19-39(33-43)35-48-55(51,52)45-21-14-13-15-22-45/h13-15,18-30,33,44,46-48,50H,3-12,16-17,31-32,34-37H2,1-2H3/t44-,46+,47+/m0/s1. The molecule has 8 heteroatoms. The Balaban J connectivity index is 1.28. The first-order valence-electron chi connectivity index (χ1n) is 20.9. The maximum Gasteiger partial charge on any atom is 0.240 e. The monoisotopic (exact) mass is 768 g/mol. The minimum absolute atomic E-state index is 0.0116. The Morgan fingerprint density at radius 3 is 1.91 bits per heavy atom. The molecule has 1 aliphatic heterocycles. The molecule has 0 radical (unpaired) electrons. The lowest BCUT2D eigenvalue weighted by Crippen LogP contribution is -2.40. The van der Waals surface area contributed by atoms with Gasteiger partial charge in [-0.2, -0.15) is 0 Å². The number of hydrogen-bond donors (Lipinski definition) is 2. The second-order valence-corrected chi connectivity index (χ2v) is 16.9. The van der Waals surface area contributed by atoms with Gasteiger partial charge in [-0.15, -0.1) is 0 Å². The molecule has 1 fully saturated rings. The highest BCUT2D eigenvalue weighted by atomic mass is 32.2. The van der Waals surface area contributed by atoms with Crippen LogP contribution in [0.5, 0.6) is 0 Å². The van der Waals surface area contributed by atoms with Gasteiger partial charge < -0.3 is 19.5 Å². The summed E-state index contributed by atoms with van der Waals surface area (Å²) in [4.78, 5) is 2.90. The molecule has 298 valence electrons. The topological polar surface area (TPSA) is 88.1 Å². The summed E-state index contributed by atoms with van der Waals surface area (Å²) < 4.78 is 41.9. The van der Waals surface area contributed by atoms with Gasteiger partial charge in [0.05, 0.1) is 23.7 Å². The van der Waals surface area contributed by atoms with Crippen molar-refractivity contribution < 1.29 is 23.0 Å². The van der Waals surface area contributed by atoms with E-state index in [1.54, 1.807) is 30.3 Å². The maximum atomic E-state index is 12.8. The Kier molecular flexibility index (Phi) is 17.9. The van der Waals surface area contributed by atoms with Crippen LogP contribution >= 0.6 is 0 Å². The van der Waals surface area contributed by atoms with Crippen molar-refractivity contribution >= 4 is 10.0 Å². The number of nitrogens with zero attached hydrogens (tertiary/aromatic N) is 1. The van der Waals surface area contributed by atoms with E-state index < -0.39 is 16.3 Å². The number of aliphatic hydroxyl groups is 1. The molecular formula is C47H64N2O5S. The van der Waals surface area contributed by atoms with Crippen LogP contribution in [0.25, 0.3) is 11.1 Å². The van der Waals surface area contributed by atoms with Crippen molar-refractivity contribution in [1.82, 2.24) is 9.62 Å². The van der Waals surface area contributed by atoms with Gasteiger partial charge in [-0.3, -0.25) is 0 Å². The number of rotatable bonds is 24. The molecule has 1 aliphatic rings. The lowest BCUT2D eigenvalue weighted by molar-refractivity contribution is -0.253. The Labute approximate surface area is 331 Å². The molecular weight excluding hydrogens is 705 g/mol. The van der Waals surface area contributed by atoms with E-state index in [2.05, 4.69) is 59.9 Å². The molecule has 0 bridgehead atoms. The molecule has 0 amide bonds. The van der Waals surface area contributed by atoms with E-state index in [1.165, 1.54) is 77.0 Å². The van der Waals surface area contributed by atoms with Crippen LogP contribution in [0.3, 0.4) is 0 Å². The van der Waals surface area contributed by atoms with Crippen LogP contribution in [0.2, 0.25) is 0 Å². The summed E-state index contributed by atoms with van der Waals surface area (Å²) in [7, 11) is -3.61. The van der Waals surface area contributed by atoms with Gasteiger partial charge in [-0.1, -0.05) is 163 Å².